The molecule has 0 spiro atoms. The fourth-order valence-corrected chi connectivity index (χ4v) is 4.20. The van der Waals surface area contributed by atoms with Crippen LogP contribution in [0.25, 0.3) is 10.2 Å². The number of aromatic nitrogens is 4. The van der Waals surface area contributed by atoms with Crippen molar-refractivity contribution >= 4 is 55.6 Å². The van der Waals surface area contributed by atoms with Gasteiger partial charge in [-0.3, -0.25) is 10.3 Å². The highest BCUT2D eigenvalue weighted by Crippen LogP contribution is 2.25. The summed E-state index contributed by atoms with van der Waals surface area (Å²) in [4.78, 5) is 30.0. The number of pyridine rings is 1. The number of hydrogen-bond donors (Lipinski definition) is 3. The molecule has 0 aliphatic heterocycles. The zero-order valence-electron chi connectivity index (χ0n) is 15.0. The minimum absolute atomic E-state index is 0.340. The van der Waals surface area contributed by atoms with Gasteiger partial charge in [-0.1, -0.05) is 0 Å². The molecule has 10 heteroatoms. The Kier molecular flexibility index (Phi) is 5.40. The van der Waals surface area contributed by atoms with Crippen molar-refractivity contribution < 1.29 is 4.79 Å². The predicted octanol–water partition coefficient (Wildman–Crippen LogP) is 4.15. The first kappa shape index (κ1) is 18.3. The highest BCUT2D eigenvalue weighted by atomic mass is 32.1. The van der Waals surface area contributed by atoms with Gasteiger partial charge in [0, 0.05) is 30.2 Å². The van der Waals surface area contributed by atoms with Gasteiger partial charge in [-0.15, -0.1) is 22.7 Å². The van der Waals surface area contributed by atoms with E-state index in [0.29, 0.717) is 17.4 Å². The number of urea groups is 1. The number of carbonyl (C=O) groups is 1. The summed E-state index contributed by atoms with van der Waals surface area (Å²) < 4.78 is 1.05. The van der Waals surface area contributed by atoms with Crippen LogP contribution in [0.3, 0.4) is 0 Å². The molecule has 4 heterocycles. The maximum Gasteiger partial charge on any atom is 0.325 e. The fourth-order valence-electron chi connectivity index (χ4n) is 2.58. The van der Waals surface area contributed by atoms with Gasteiger partial charge < -0.3 is 10.6 Å². The van der Waals surface area contributed by atoms with E-state index in [1.807, 2.05) is 24.4 Å². The van der Waals surface area contributed by atoms with E-state index in [9.17, 15) is 4.79 Å². The van der Waals surface area contributed by atoms with Crippen molar-refractivity contribution in [3.63, 3.8) is 0 Å². The zero-order valence-corrected chi connectivity index (χ0v) is 16.6. The molecule has 0 aliphatic carbocycles. The molecule has 3 N–H and O–H groups in total. The van der Waals surface area contributed by atoms with E-state index in [1.54, 1.807) is 36.3 Å². The lowest BCUT2D eigenvalue weighted by Crippen LogP contribution is -2.19. The Morgan fingerprint density at radius 1 is 1.14 bits per heavy atom. The number of fused-ring (bicyclic) bond motifs is 1. The molecule has 28 heavy (non-hydrogen) atoms. The average molecular weight is 412 g/mol. The van der Waals surface area contributed by atoms with Crippen LogP contribution in [0.1, 0.15) is 10.4 Å². The van der Waals surface area contributed by atoms with E-state index < -0.39 is 0 Å². The van der Waals surface area contributed by atoms with Crippen molar-refractivity contribution in [3.05, 3.63) is 52.9 Å². The van der Waals surface area contributed by atoms with Gasteiger partial charge in [-0.2, -0.15) is 0 Å². The Bertz CT molecular complexity index is 1110. The molecule has 0 fully saturated rings. The van der Waals surface area contributed by atoms with Gasteiger partial charge in [-0.25, -0.2) is 19.7 Å². The number of carbonyl (C=O) groups excluding carboxylic acids is 1. The van der Waals surface area contributed by atoms with Gasteiger partial charge in [0.25, 0.3) is 0 Å². The second-order valence-electron chi connectivity index (χ2n) is 6.00. The van der Waals surface area contributed by atoms with Crippen LogP contribution in [-0.4, -0.2) is 32.5 Å². The highest BCUT2D eigenvalue weighted by Gasteiger charge is 2.08. The van der Waals surface area contributed by atoms with Gasteiger partial charge in [0.15, 0.2) is 5.13 Å². The normalized spacial score (nSPS) is 10.8. The molecule has 0 bridgehead atoms. The first-order valence-corrected chi connectivity index (χ1v) is 10.2. The van der Waals surface area contributed by atoms with E-state index in [2.05, 4.69) is 35.9 Å². The lowest BCUT2D eigenvalue weighted by molar-refractivity contribution is 0.262. The third-order valence-corrected chi connectivity index (χ3v) is 5.70. The van der Waals surface area contributed by atoms with Crippen molar-refractivity contribution in [2.45, 2.75) is 13.3 Å². The molecule has 4 rings (SSSR count). The number of thiophene rings is 1. The second-order valence-corrected chi connectivity index (χ2v) is 8.03. The number of aryl methyl sites for hydroxylation is 1. The summed E-state index contributed by atoms with van der Waals surface area (Å²) in [5, 5.41) is 11.4. The summed E-state index contributed by atoms with van der Waals surface area (Å²) in [7, 11) is 0. The van der Waals surface area contributed by atoms with Crippen LogP contribution in [0.4, 0.5) is 21.4 Å². The monoisotopic (exact) mass is 411 g/mol. The summed E-state index contributed by atoms with van der Waals surface area (Å²) in [6, 6.07) is 3.49. The van der Waals surface area contributed by atoms with Crippen molar-refractivity contribution in [2.75, 3.05) is 22.5 Å². The number of anilines is 3. The Morgan fingerprint density at radius 3 is 2.96 bits per heavy atom. The summed E-state index contributed by atoms with van der Waals surface area (Å²) in [5.41, 5.74) is 2.56. The van der Waals surface area contributed by atoms with Gasteiger partial charge >= 0.3 is 6.03 Å². The molecular formula is C18H17N7OS2. The number of nitrogens with one attached hydrogen (secondary N) is 3. The second kappa shape index (κ2) is 8.28. The summed E-state index contributed by atoms with van der Waals surface area (Å²) in [6.45, 7) is 2.63. The number of thiazole rings is 1. The van der Waals surface area contributed by atoms with Crippen molar-refractivity contribution in [1.82, 2.24) is 19.9 Å². The number of nitrogens with zero attached hydrogens (tertiary/aromatic N) is 4. The molecule has 0 radical (unpaired) electrons. The zero-order chi connectivity index (χ0) is 19.3. The van der Waals surface area contributed by atoms with Crippen LogP contribution in [0.5, 0.6) is 0 Å². The van der Waals surface area contributed by atoms with E-state index in [0.717, 1.165) is 32.9 Å². The predicted molar refractivity (Wildman–Crippen MR) is 113 cm³/mol. The first-order chi connectivity index (χ1) is 13.7. The van der Waals surface area contributed by atoms with E-state index in [-0.39, 0.29) is 6.03 Å². The molecular weight excluding hydrogens is 394 g/mol. The summed E-state index contributed by atoms with van der Waals surface area (Å²) >= 11 is 3.06. The van der Waals surface area contributed by atoms with Crippen LogP contribution >= 0.6 is 22.7 Å². The van der Waals surface area contributed by atoms with Crippen LogP contribution in [0, 0.1) is 6.92 Å². The molecule has 0 unspecified atom stereocenters. The maximum absolute atomic E-state index is 12.1. The molecule has 4 aromatic rings. The number of rotatable bonds is 6. The van der Waals surface area contributed by atoms with Crippen molar-refractivity contribution in [2.24, 2.45) is 0 Å². The Hall–Kier alpha value is -3.11. The van der Waals surface area contributed by atoms with Crippen molar-refractivity contribution in [3.8, 4) is 0 Å². The molecule has 4 aromatic heterocycles. The van der Waals surface area contributed by atoms with Crippen LogP contribution < -0.4 is 16.0 Å². The molecule has 142 valence electrons. The molecule has 0 saturated carbocycles. The van der Waals surface area contributed by atoms with E-state index in [4.69, 9.17) is 0 Å². The smallest absolute Gasteiger partial charge is 0.325 e. The van der Waals surface area contributed by atoms with Crippen LogP contribution in [-0.2, 0) is 6.42 Å². The van der Waals surface area contributed by atoms with Gasteiger partial charge in [-0.05, 0) is 30.0 Å². The summed E-state index contributed by atoms with van der Waals surface area (Å²) in [5.74, 6) is 0.842. The number of amides is 2. The Morgan fingerprint density at radius 2 is 2.07 bits per heavy atom. The lowest BCUT2D eigenvalue weighted by atomic mass is 10.3. The number of hydrogen-bond acceptors (Lipinski definition) is 8. The molecule has 0 aromatic carbocycles. The molecule has 0 saturated heterocycles. The fraction of sp³-hybridized carbons (Fsp3) is 0.167. The van der Waals surface area contributed by atoms with Crippen LogP contribution in [0.15, 0.2) is 42.4 Å². The summed E-state index contributed by atoms with van der Waals surface area (Å²) in [6.07, 6.45) is 7.45. The highest BCUT2D eigenvalue weighted by molar-refractivity contribution is 7.17. The van der Waals surface area contributed by atoms with E-state index >= 15 is 0 Å². The SMILES string of the molecule is Cc1cncc(NC(=O)Nc2ncc(CCNc3ncnc4ccsc34)s2)c1. The topological polar surface area (TPSA) is 105 Å². The first-order valence-electron chi connectivity index (χ1n) is 8.54. The lowest BCUT2D eigenvalue weighted by Gasteiger charge is -2.05. The minimum atomic E-state index is -0.340. The average Bonchev–Trinajstić information content (AvgIpc) is 3.31. The van der Waals surface area contributed by atoms with Gasteiger partial charge in [0.05, 0.1) is 22.1 Å². The Balaban J connectivity index is 1.29. The minimum Gasteiger partial charge on any atom is -0.368 e. The maximum atomic E-state index is 12.1. The molecule has 2 amide bonds. The largest absolute Gasteiger partial charge is 0.368 e. The molecule has 0 aliphatic rings. The quantitative estimate of drug-likeness (QED) is 0.440. The Labute approximate surface area is 169 Å². The molecule has 0 atom stereocenters. The third kappa shape index (κ3) is 4.41. The van der Waals surface area contributed by atoms with Gasteiger partial charge in [0.2, 0.25) is 0 Å². The van der Waals surface area contributed by atoms with Gasteiger partial charge in [0.1, 0.15) is 12.1 Å². The van der Waals surface area contributed by atoms with Crippen molar-refractivity contribution in [1.29, 1.82) is 0 Å². The van der Waals surface area contributed by atoms with E-state index in [1.165, 1.54) is 11.3 Å². The molecule has 8 nitrogen and oxygen atoms in total. The third-order valence-electron chi connectivity index (χ3n) is 3.81. The van der Waals surface area contributed by atoms with Crippen LogP contribution in [0.2, 0.25) is 0 Å². The standard InChI is InChI=1S/C18H17N7OS2/c1-11-6-12(8-19-7-11)24-17(26)25-18-21-9-13(28-18)2-4-20-16-15-14(3-5-27-15)22-10-23-16/h3,5-10H,2,4H2,1H3,(H,20,22,23)(H2,21,24,25,26).